The number of fused-ring (bicyclic) bond motifs is 1. The highest BCUT2D eigenvalue weighted by Gasteiger charge is 2.24. The summed E-state index contributed by atoms with van der Waals surface area (Å²) in [4.78, 5) is 22.2. The average molecular weight is 494 g/mol. The van der Waals surface area contributed by atoms with Gasteiger partial charge >= 0.3 is 0 Å². The second-order valence-corrected chi connectivity index (χ2v) is 11.2. The third-order valence-corrected chi connectivity index (χ3v) is 8.39. The summed E-state index contributed by atoms with van der Waals surface area (Å²) < 4.78 is 31.0. The number of amides is 1. The average Bonchev–Trinajstić information content (AvgIpc) is 3.22. The minimum absolute atomic E-state index is 0.0238. The second kappa shape index (κ2) is 9.84. The number of ether oxygens (including phenoxy) is 1. The number of aromatic nitrogens is 1. The molecule has 1 fully saturated rings. The smallest absolute Gasteiger partial charge is 0.260 e. The summed E-state index contributed by atoms with van der Waals surface area (Å²) in [5, 5.41) is 1.17. The molecule has 1 amide bonds. The van der Waals surface area contributed by atoms with Gasteiger partial charge in [0, 0.05) is 36.8 Å². The van der Waals surface area contributed by atoms with Gasteiger partial charge in [0.15, 0.2) is 15.0 Å². The standard InChI is InChI=1S/C22H24ClN3O4S2/c1-2-32(28,29)18-5-3-4-16(14-18)21(27)26(9-8-25-10-12-30-13-11-25)22-24-19-7-6-17(23)15-20(19)31-22/h3-7,14-15H,2,8-13H2,1H3. The summed E-state index contributed by atoms with van der Waals surface area (Å²) in [5.74, 6) is -0.305. The lowest BCUT2D eigenvalue weighted by atomic mass is 10.2. The van der Waals surface area contributed by atoms with Gasteiger partial charge in [-0.2, -0.15) is 0 Å². The van der Waals surface area contributed by atoms with E-state index in [1.54, 1.807) is 30.0 Å². The van der Waals surface area contributed by atoms with E-state index in [1.165, 1.54) is 23.5 Å². The Kier molecular flexibility index (Phi) is 7.11. The zero-order valence-electron chi connectivity index (χ0n) is 17.7. The Hall–Kier alpha value is -2.04. The zero-order valence-corrected chi connectivity index (χ0v) is 20.0. The maximum atomic E-state index is 13.6. The molecule has 1 saturated heterocycles. The number of hydrogen-bond donors (Lipinski definition) is 0. The topological polar surface area (TPSA) is 79.8 Å². The third-order valence-electron chi connectivity index (χ3n) is 5.38. The maximum Gasteiger partial charge on any atom is 0.260 e. The number of benzene rings is 2. The number of hydrogen-bond acceptors (Lipinski definition) is 7. The van der Waals surface area contributed by atoms with E-state index in [9.17, 15) is 13.2 Å². The van der Waals surface area contributed by atoms with Crippen molar-refractivity contribution in [2.45, 2.75) is 11.8 Å². The van der Waals surface area contributed by atoms with Gasteiger partial charge in [-0.15, -0.1) is 0 Å². The van der Waals surface area contributed by atoms with Crippen molar-refractivity contribution in [1.29, 1.82) is 0 Å². The fraction of sp³-hybridized carbons (Fsp3) is 0.364. The molecule has 32 heavy (non-hydrogen) atoms. The van der Waals surface area contributed by atoms with Crippen molar-refractivity contribution in [3.63, 3.8) is 0 Å². The van der Waals surface area contributed by atoms with Gasteiger partial charge < -0.3 is 4.74 Å². The molecule has 0 saturated carbocycles. The summed E-state index contributed by atoms with van der Waals surface area (Å²) in [6.07, 6.45) is 0. The largest absolute Gasteiger partial charge is 0.379 e. The van der Waals surface area contributed by atoms with E-state index < -0.39 is 9.84 Å². The van der Waals surface area contributed by atoms with Crippen LogP contribution in [0.5, 0.6) is 0 Å². The first-order valence-electron chi connectivity index (χ1n) is 10.4. The number of carbonyl (C=O) groups excluding carboxylic acids is 1. The van der Waals surface area contributed by atoms with Gasteiger partial charge in [-0.05, 0) is 36.4 Å². The normalized spacial score (nSPS) is 15.2. The molecule has 1 aliphatic heterocycles. The number of nitrogens with zero attached hydrogens (tertiary/aromatic N) is 3. The van der Waals surface area contributed by atoms with Crippen molar-refractivity contribution < 1.29 is 17.9 Å². The van der Waals surface area contributed by atoms with Crippen molar-refractivity contribution >= 4 is 54.0 Å². The van der Waals surface area contributed by atoms with E-state index in [0.717, 1.165) is 23.3 Å². The predicted octanol–water partition coefficient (Wildman–Crippen LogP) is 3.72. The van der Waals surface area contributed by atoms with Crippen molar-refractivity contribution in [3.8, 4) is 0 Å². The molecule has 0 spiro atoms. The first-order chi connectivity index (χ1) is 15.4. The minimum Gasteiger partial charge on any atom is -0.379 e. The van der Waals surface area contributed by atoms with E-state index >= 15 is 0 Å². The van der Waals surface area contributed by atoms with Crippen LogP contribution in [-0.4, -0.2) is 69.4 Å². The Bertz CT molecular complexity index is 1220. The molecule has 0 bridgehead atoms. The highest BCUT2D eigenvalue weighted by atomic mass is 35.5. The number of thiazole rings is 1. The number of morpholine rings is 1. The van der Waals surface area contributed by atoms with Gasteiger partial charge in [0.2, 0.25) is 0 Å². The summed E-state index contributed by atoms with van der Waals surface area (Å²) in [6, 6.07) is 11.7. The molecule has 7 nitrogen and oxygen atoms in total. The molecule has 0 unspecified atom stereocenters. The van der Waals surface area contributed by atoms with Crippen LogP contribution in [0.25, 0.3) is 10.2 Å². The Balaban J connectivity index is 1.67. The Morgan fingerprint density at radius 3 is 2.75 bits per heavy atom. The molecule has 4 rings (SSSR count). The number of anilines is 1. The van der Waals surface area contributed by atoms with Crippen molar-refractivity contribution in [3.05, 3.63) is 53.1 Å². The van der Waals surface area contributed by atoms with Crippen molar-refractivity contribution in [1.82, 2.24) is 9.88 Å². The Labute approximate surface area is 196 Å². The van der Waals surface area contributed by atoms with Gasteiger partial charge in [-0.3, -0.25) is 14.6 Å². The molecular formula is C22H24ClN3O4S2. The van der Waals surface area contributed by atoms with E-state index in [0.29, 0.717) is 42.0 Å². The lowest BCUT2D eigenvalue weighted by Crippen LogP contribution is -2.43. The fourth-order valence-corrected chi connectivity index (χ4v) is 5.69. The van der Waals surface area contributed by atoms with Crippen LogP contribution < -0.4 is 4.90 Å². The van der Waals surface area contributed by atoms with Crippen LogP contribution in [0.4, 0.5) is 5.13 Å². The van der Waals surface area contributed by atoms with E-state index in [4.69, 9.17) is 16.3 Å². The van der Waals surface area contributed by atoms with Gasteiger partial charge in [0.25, 0.3) is 5.91 Å². The zero-order chi connectivity index (χ0) is 22.7. The van der Waals surface area contributed by atoms with Crippen LogP contribution in [0.1, 0.15) is 17.3 Å². The molecule has 0 aliphatic carbocycles. The van der Waals surface area contributed by atoms with Crippen molar-refractivity contribution in [2.75, 3.05) is 50.0 Å². The Morgan fingerprint density at radius 2 is 2.00 bits per heavy atom. The van der Waals surface area contributed by atoms with Crippen LogP contribution >= 0.6 is 22.9 Å². The number of rotatable bonds is 7. The molecule has 1 aromatic heterocycles. The first kappa shape index (κ1) is 23.1. The summed E-state index contributed by atoms with van der Waals surface area (Å²) >= 11 is 7.52. The molecule has 0 atom stereocenters. The predicted molar refractivity (Wildman–Crippen MR) is 128 cm³/mol. The summed E-state index contributed by atoms with van der Waals surface area (Å²) in [6.45, 7) is 5.64. The lowest BCUT2D eigenvalue weighted by molar-refractivity contribution is 0.0391. The SMILES string of the molecule is CCS(=O)(=O)c1cccc(C(=O)N(CCN2CCOCC2)c2nc3ccc(Cl)cc3s2)c1. The second-order valence-electron chi connectivity index (χ2n) is 7.45. The van der Waals surface area contributed by atoms with Gasteiger partial charge in [-0.25, -0.2) is 13.4 Å². The minimum atomic E-state index is -3.42. The van der Waals surface area contributed by atoms with Crippen LogP contribution in [0.15, 0.2) is 47.4 Å². The van der Waals surface area contributed by atoms with Crippen LogP contribution in [0.3, 0.4) is 0 Å². The quantitative estimate of drug-likeness (QED) is 0.499. The third kappa shape index (κ3) is 5.13. The fourth-order valence-electron chi connectivity index (χ4n) is 3.50. The van der Waals surface area contributed by atoms with Crippen LogP contribution in [0, 0.1) is 0 Å². The summed E-state index contributed by atoms with van der Waals surface area (Å²) in [7, 11) is -3.42. The molecule has 10 heteroatoms. The lowest BCUT2D eigenvalue weighted by Gasteiger charge is -2.29. The molecule has 0 radical (unpaired) electrons. The monoisotopic (exact) mass is 493 g/mol. The molecule has 0 N–H and O–H groups in total. The molecule has 170 valence electrons. The summed E-state index contributed by atoms with van der Waals surface area (Å²) in [5.41, 5.74) is 1.08. The van der Waals surface area contributed by atoms with E-state index in [1.807, 2.05) is 12.1 Å². The van der Waals surface area contributed by atoms with Crippen molar-refractivity contribution in [2.24, 2.45) is 0 Å². The molecule has 2 aromatic carbocycles. The number of carbonyl (C=O) groups is 1. The van der Waals surface area contributed by atoms with Gasteiger partial charge in [-0.1, -0.05) is 35.9 Å². The number of halogens is 1. The van der Waals surface area contributed by atoms with Gasteiger partial charge in [0.05, 0.1) is 34.1 Å². The molecule has 3 aromatic rings. The van der Waals surface area contributed by atoms with Crippen LogP contribution in [-0.2, 0) is 14.6 Å². The van der Waals surface area contributed by atoms with E-state index in [2.05, 4.69) is 9.88 Å². The molecular weight excluding hydrogens is 470 g/mol. The van der Waals surface area contributed by atoms with Crippen LogP contribution in [0.2, 0.25) is 5.02 Å². The highest BCUT2D eigenvalue weighted by molar-refractivity contribution is 7.91. The highest BCUT2D eigenvalue weighted by Crippen LogP contribution is 2.31. The molecule has 1 aliphatic rings. The molecule has 2 heterocycles. The Morgan fingerprint density at radius 1 is 1.22 bits per heavy atom. The van der Waals surface area contributed by atoms with Gasteiger partial charge in [0.1, 0.15) is 0 Å². The number of sulfone groups is 1. The first-order valence-corrected chi connectivity index (χ1v) is 13.2. The van der Waals surface area contributed by atoms with E-state index in [-0.39, 0.29) is 16.6 Å². The maximum absolute atomic E-state index is 13.6.